The van der Waals surface area contributed by atoms with Gasteiger partial charge in [-0.2, -0.15) is 45.3 Å². The largest absolute Gasteiger partial charge is 0.456 e. The van der Waals surface area contributed by atoms with Crippen LogP contribution in [0.4, 0.5) is 26.3 Å². The average Bonchev–Trinajstić information content (AvgIpc) is 4.08. The van der Waals surface area contributed by atoms with Crippen LogP contribution >= 0.6 is 0 Å². The van der Waals surface area contributed by atoms with Crippen molar-refractivity contribution in [3.05, 3.63) is 244 Å². The number of carbonyl (C=O) groups is 2. The Labute approximate surface area is 449 Å². The molecule has 8 aromatic carbocycles. The molecule has 0 atom stereocenters. The van der Waals surface area contributed by atoms with Crippen LogP contribution in [0.5, 0.6) is 23.0 Å². The number of hydrogen-bond donors (Lipinski definition) is 1. The van der Waals surface area contributed by atoms with E-state index in [1.165, 1.54) is 36.4 Å². The lowest BCUT2D eigenvalue weighted by molar-refractivity contribution is -0.288. The minimum atomic E-state index is -5.93. The first kappa shape index (κ1) is 55.6. The zero-order valence-electron chi connectivity index (χ0n) is 40.8. The Balaban J connectivity index is 0.00000822. The Morgan fingerprint density at radius 3 is 1.67 bits per heavy atom. The number of rotatable bonds is 14. The van der Waals surface area contributed by atoms with Crippen molar-refractivity contribution >= 4 is 21.7 Å². The molecule has 79 heavy (non-hydrogen) atoms. The summed E-state index contributed by atoms with van der Waals surface area (Å²) in [5, 5.41) is 20.2. The van der Waals surface area contributed by atoms with Crippen LogP contribution in [-0.4, -0.2) is 46.4 Å². The van der Waals surface area contributed by atoms with Crippen molar-refractivity contribution in [1.82, 2.24) is 9.55 Å². The van der Waals surface area contributed by atoms with Crippen LogP contribution in [0.25, 0.3) is 27.9 Å². The van der Waals surface area contributed by atoms with E-state index in [1.54, 1.807) is 110 Å². The summed E-state index contributed by atoms with van der Waals surface area (Å²) >= 11 is 0. The molecule has 0 unspecified atom stereocenters. The van der Waals surface area contributed by atoms with E-state index in [1.807, 2.05) is 6.07 Å². The summed E-state index contributed by atoms with van der Waals surface area (Å²) in [5.41, 5.74) is -3.30. The molecule has 9 aromatic rings. The van der Waals surface area contributed by atoms with Crippen LogP contribution in [-0.2, 0) is 15.5 Å². The second-order valence-corrected chi connectivity index (χ2v) is 19.2. The molecule has 0 radical (unpaired) electrons. The zero-order chi connectivity index (χ0) is 55.7. The molecule has 1 N–H and O–H groups in total. The fourth-order valence-corrected chi connectivity index (χ4v) is 9.64. The first-order valence-electron chi connectivity index (χ1n) is 23.4. The maximum absolute atomic E-state index is 15.2. The van der Waals surface area contributed by atoms with Crippen molar-refractivity contribution in [2.45, 2.75) is 43.9 Å². The zero-order valence-corrected chi connectivity index (χ0v) is 41.6. The summed E-state index contributed by atoms with van der Waals surface area (Å²) in [6.45, 7) is 3.31. The summed E-state index contributed by atoms with van der Waals surface area (Å²) in [5.74, 6) is -1.45. The minimum absolute atomic E-state index is 0. The molecule has 0 aliphatic heterocycles. The quantitative estimate of drug-likeness (QED) is 0.0627. The summed E-state index contributed by atoms with van der Waals surface area (Å²) in [4.78, 5) is 32.3. The molecule has 0 aliphatic rings. The lowest BCUT2D eigenvalue weighted by Crippen LogP contribution is -2.54. The predicted octanol–water partition coefficient (Wildman–Crippen LogP) is 14.9. The maximum Gasteiger partial charge on any atom is 0.411 e. The number of imidazole rings is 1. The molecule has 1 heterocycles. The van der Waals surface area contributed by atoms with E-state index in [4.69, 9.17) is 9.47 Å². The molecule has 0 fully saturated rings. The minimum Gasteiger partial charge on any atom is -0.456 e. The summed E-state index contributed by atoms with van der Waals surface area (Å²) in [7, 11) is -4.64. The van der Waals surface area contributed by atoms with Gasteiger partial charge in [-0.25, -0.2) is 4.98 Å². The first-order chi connectivity index (χ1) is 37.1. The van der Waals surface area contributed by atoms with E-state index in [0.29, 0.717) is 57.8 Å². The topological polar surface area (TPSA) is 172 Å². The third-order valence-electron chi connectivity index (χ3n) is 13.1. The number of ketones is 2. The molecule has 9 rings (SSSR count). The Morgan fingerprint density at radius 2 is 1.11 bits per heavy atom. The van der Waals surface area contributed by atoms with Crippen LogP contribution in [0.1, 0.15) is 72.7 Å². The summed E-state index contributed by atoms with van der Waals surface area (Å²) in [6.07, 6.45) is -6.96. The second-order valence-electron chi connectivity index (χ2n) is 17.8. The molecule has 396 valence electrons. The highest BCUT2D eigenvalue weighted by Gasteiger charge is 2.72. The van der Waals surface area contributed by atoms with E-state index < -0.39 is 55.5 Å². The van der Waals surface area contributed by atoms with Gasteiger partial charge in [0.05, 0.1) is 16.8 Å². The van der Waals surface area contributed by atoms with Crippen LogP contribution < -0.4 is 9.47 Å². The first-order valence-corrected chi connectivity index (χ1v) is 24.8. The number of aryl methyl sites for hydroxylation is 2. The number of carbonyl (C=O) groups excluding carboxylic acids is 2. The van der Waals surface area contributed by atoms with Crippen LogP contribution in [0.2, 0.25) is 0 Å². The lowest BCUT2D eigenvalue weighted by atomic mass is 9.73. The highest BCUT2D eigenvalue weighted by molar-refractivity contribution is 7.85. The number of hydrogen-bond acceptors (Lipinski definition) is 9. The number of alkyl halides is 6. The van der Waals surface area contributed by atoms with Crippen molar-refractivity contribution in [1.29, 1.82) is 10.5 Å². The van der Waals surface area contributed by atoms with E-state index in [0.717, 1.165) is 36.4 Å². The van der Waals surface area contributed by atoms with Gasteiger partial charge in [0.1, 0.15) is 40.7 Å². The van der Waals surface area contributed by atoms with E-state index in [-0.39, 0.29) is 69.4 Å². The van der Waals surface area contributed by atoms with E-state index in [9.17, 15) is 33.1 Å². The average molecular weight is 1090 g/mol. The molecule has 0 saturated heterocycles. The number of nitrogens with zero attached hydrogens (tertiary/aromatic N) is 4. The Morgan fingerprint density at radius 1 is 0.582 bits per heavy atom. The summed E-state index contributed by atoms with van der Waals surface area (Å²) < 4.78 is 138. The second kappa shape index (κ2) is 21.8. The fraction of sp³-hybridized carbons (Fsp3) is 0.0984. The van der Waals surface area contributed by atoms with Gasteiger partial charge in [-0.15, -0.1) is 0 Å². The standard InChI is InChI=1S/C60H38F6N4O7S.CH4/c1-36-6-3-10-54(52(36)33-67)76-45-23-17-42(18-24-45)58(59(61,62)63,60(64,65)66)43-19-25-46(26-20-43)77-55-11-5-9-48(53(55)34-68)40-16-27-49(51(32-40)56(71)38-14-21-44(22-15-38)70-29-28-69-35-70)39-13-12-37(2)50(31-39)57(72)41-7-4-8-47(30-41)78(73,74)75;/h3-32,35H,1-2H3,(H,73,74,75);1H4. The van der Waals surface area contributed by atoms with Gasteiger partial charge >= 0.3 is 12.4 Å². The van der Waals surface area contributed by atoms with Crippen molar-refractivity contribution in [3.63, 3.8) is 0 Å². The molecule has 11 nitrogen and oxygen atoms in total. The third-order valence-corrected chi connectivity index (χ3v) is 13.9. The SMILES string of the molecule is C.Cc1ccc(-c2ccc(-c3cccc(Oc4ccc(C(c5ccc(Oc6cccc(C)c6C#N)cc5)(C(F)(F)F)C(F)(F)F)cc4)c3C#N)cc2C(=O)c2ccc(-n3ccnc3)cc2)cc1C(=O)c1cccc(S(=O)(=O)O)c1. The highest BCUT2D eigenvalue weighted by Crippen LogP contribution is 2.56. The van der Waals surface area contributed by atoms with Gasteiger partial charge in [0, 0.05) is 45.9 Å². The molecule has 1 aromatic heterocycles. The molecule has 18 heteroatoms. The van der Waals surface area contributed by atoms with E-state index in [2.05, 4.69) is 11.1 Å². The van der Waals surface area contributed by atoms with Gasteiger partial charge in [0.25, 0.3) is 10.1 Å². The van der Waals surface area contributed by atoms with Gasteiger partial charge in [-0.3, -0.25) is 14.1 Å². The molecule has 0 saturated carbocycles. The number of aromatic nitrogens is 2. The van der Waals surface area contributed by atoms with Crippen molar-refractivity contribution in [3.8, 4) is 63.1 Å². The normalized spacial score (nSPS) is 11.7. The van der Waals surface area contributed by atoms with Crippen molar-refractivity contribution < 1.29 is 58.4 Å². The van der Waals surface area contributed by atoms with Crippen molar-refractivity contribution in [2.75, 3.05) is 0 Å². The third kappa shape index (κ3) is 10.8. The molecule has 0 amide bonds. The van der Waals surface area contributed by atoms with Gasteiger partial charge in [-0.1, -0.05) is 92.4 Å². The lowest BCUT2D eigenvalue weighted by Gasteiger charge is -2.38. The molecule has 0 aliphatic carbocycles. The molecular weight excluding hydrogens is 1050 g/mol. The van der Waals surface area contributed by atoms with Crippen LogP contribution in [0.15, 0.2) is 193 Å². The van der Waals surface area contributed by atoms with Gasteiger partial charge in [0.15, 0.2) is 11.6 Å². The van der Waals surface area contributed by atoms with E-state index >= 15 is 26.3 Å². The number of ether oxygens (including phenoxy) is 2. The predicted molar refractivity (Wildman–Crippen MR) is 282 cm³/mol. The Hall–Kier alpha value is -9.62. The smallest absolute Gasteiger partial charge is 0.411 e. The Kier molecular flexibility index (Phi) is 15.3. The van der Waals surface area contributed by atoms with Crippen LogP contribution in [0.3, 0.4) is 0 Å². The number of halogens is 6. The fourth-order valence-electron chi connectivity index (χ4n) is 9.11. The molecule has 0 bridgehead atoms. The van der Waals surface area contributed by atoms with Crippen molar-refractivity contribution in [2.24, 2.45) is 0 Å². The Bertz CT molecular complexity index is 3980. The van der Waals surface area contributed by atoms with Gasteiger partial charge < -0.3 is 14.0 Å². The van der Waals surface area contributed by atoms with Crippen LogP contribution in [0, 0.1) is 36.5 Å². The number of nitriles is 2. The monoisotopic (exact) mass is 1090 g/mol. The maximum atomic E-state index is 15.2. The highest BCUT2D eigenvalue weighted by atomic mass is 32.2. The molecular formula is C61H42F6N4O7S. The summed E-state index contributed by atoms with van der Waals surface area (Å²) in [6, 6.07) is 40.7. The van der Waals surface area contributed by atoms with Gasteiger partial charge in [-0.05, 0) is 138 Å². The van der Waals surface area contributed by atoms with Gasteiger partial charge in [0.2, 0.25) is 5.41 Å². The molecule has 0 spiro atoms. The number of benzene rings is 8.